The monoisotopic (exact) mass is 250 g/mol. The SMILES string of the molecule is CCNC(=O)NC1CCn2c(cnc2C(C)C)C1. The smallest absolute Gasteiger partial charge is 0.315 e. The van der Waals surface area contributed by atoms with Crippen LogP contribution in [0.2, 0.25) is 0 Å². The highest BCUT2D eigenvalue weighted by Crippen LogP contribution is 2.21. The summed E-state index contributed by atoms with van der Waals surface area (Å²) in [5.74, 6) is 1.60. The van der Waals surface area contributed by atoms with E-state index in [1.165, 1.54) is 5.69 Å². The zero-order valence-electron chi connectivity index (χ0n) is 11.4. The van der Waals surface area contributed by atoms with E-state index >= 15 is 0 Å². The number of carbonyl (C=O) groups excluding carboxylic acids is 1. The molecule has 1 aliphatic heterocycles. The van der Waals surface area contributed by atoms with Gasteiger partial charge in [0.1, 0.15) is 5.82 Å². The molecule has 5 nitrogen and oxygen atoms in total. The van der Waals surface area contributed by atoms with Crippen molar-refractivity contribution in [3.63, 3.8) is 0 Å². The van der Waals surface area contributed by atoms with E-state index in [2.05, 4.69) is 34.0 Å². The Balaban J connectivity index is 2.00. The molecule has 0 bridgehead atoms. The zero-order valence-corrected chi connectivity index (χ0v) is 11.4. The molecule has 5 heteroatoms. The molecule has 1 aromatic rings. The fourth-order valence-electron chi connectivity index (χ4n) is 2.47. The number of hydrogen-bond donors (Lipinski definition) is 2. The van der Waals surface area contributed by atoms with E-state index in [0.29, 0.717) is 12.5 Å². The Morgan fingerprint density at radius 3 is 3.06 bits per heavy atom. The summed E-state index contributed by atoms with van der Waals surface area (Å²) < 4.78 is 2.29. The highest BCUT2D eigenvalue weighted by molar-refractivity contribution is 5.74. The standard InChI is InChI=1S/C13H22N4O/c1-4-14-13(18)16-10-5-6-17-11(7-10)8-15-12(17)9(2)3/h8-10H,4-7H2,1-3H3,(H2,14,16,18). The number of carbonyl (C=O) groups is 1. The summed E-state index contributed by atoms with van der Waals surface area (Å²) in [5.41, 5.74) is 1.23. The first-order chi connectivity index (χ1) is 8.61. The van der Waals surface area contributed by atoms with E-state index in [1.54, 1.807) is 0 Å². The minimum Gasteiger partial charge on any atom is -0.338 e. The van der Waals surface area contributed by atoms with E-state index in [4.69, 9.17) is 0 Å². The molecule has 0 saturated heterocycles. The van der Waals surface area contributed by atoms with Gasteiger partial charge in [0.25, 0.3) is 0 Å². The van der Waals surface area contributed by atoms with Gasteiger partial charge in [-0.1, -0.05) is 13.8 Å². The van der Waals surface area contributed by atoms with Crippen LogP contribution in [0.1, 0.15) is 44.6 Å². The van der Waals surface area contributed by atoms with Gasteiger partial charge in [-0.05, 0) is 13.3 Å². The van der Waals surface area contributed by atoms with Crippen LogP contribution >= 0.6 is 0 Å². The van der Waals surface area contributed by atoms with Gasteiger partial charge in [-0.25, -0.2) is 9.78 Å². The molecule has 100 valence electrons. The molecule has 1 atom stereocenters. The summed E-state index contributed by atoms with van der Waals surface area (Å²) in [6, 6.07) is 0.153. The third-order valence-corrected chi connectivity index (χ3v) is 3.31. The second-order valence-electron chi connectivity index (χ2n) is 5.11. The molecule has 1 aromatic heterocycles. The van der Waals surface area contributed by atoms with Gasteiger partial charge in [-0.3, -0.25) is 0 Å². The predicted molar refractivity (Wildman–Crippen MR) is 70.6 cm³/mol. The number of urea groups is 1. The second kappa shape index (κ2) is 5.42. The number of nitrogens with zero attached hydrogens (tertiary/aromatic N) is 2. The number of aromatic nitrogens is 2. The molecule has 2 N–H and O–H groups in total. The number of imidazole rings is 1. The first kappa shape index (κ1) is 12.9. The Labute approximate surface area is 108 Å². The maximum absolute atomic E-state index is 11.5. The van der Waals surface area contributed by atoms with Crippen molar-refractivity contribution in [1.82, 2.24) is 20.2 Å². The average molecular weight is 250 g/mol. The van der Waals surface area contributed by atoms with Crippen LogP contribution < -0.4 is 10.6 Å². The maximum atomic E-state index is 11.5. The van der Waals surface area contributed by atoms with E-state index < -0.39 is 0 Å². The fourth-order valence-corrected chi connectivity index (χ4v) is 2.47. The van der Waals surface area contributed by atoms with E-state index in [1.807, 2.05) is 13.1 Å². The van der Waals surface area contributed by atoms with Crippen molar-refractivity contribution < 1.29 is 4.79 Å². The lowest BCUT2D eigenvalue weighted by Gasteiger charge is -2.26. The molecule has 1 unspecified atom stereocenters. The molecule has 18 heavy (non-hydrogen) atoms. The summed E-state index contributed by atoms with van der Waals surface area (Å²) in [5, 5.41) is 5.78. The molecular formula is C13H22N4O. The van der Waals surface area contributed by atoms with Crippen molar-refractivity contribution in [2.75, 3.05) is 6.54 Å². The lowest BCUT2D eigenvalue weighted by molar-refractivity contribution is 0.234. The fraction of sp³-hybridized carbons (Fsp3) is 0.692. The van der Waals surface area contributed by atoms with Gasteiger partial charge in [0.15, 0.2) is 0 Å². The summed E-state index contributed by atoms with van der Waals surface area (Å²) in [6.07, 6.45) is 3.79. The largest absolute Gasteiger partial charge is 0.338 e. The van der Waals surface area contributed by atoms with Crippen LogP contribution in [0.15, 0.2) is 6.20 Å². The number of rotatable bonds is 3. The summed E-state index contributed by atoms with van der Waals surface area (Å²) in [6.45, 7) is 7.85. The molecule has 0 spiro atoms. The molecule has 0 aromatic carbocycles. The molecule has 2 rings (SSSR count). The molecule has 0 fully saturated rings. The molecule has 0 saturated carbocycles. The highest BCUT2D eigenvalue weighted by atomic mass is 16.2. The van der Waals surface area contributed by atoms with E-state index in [-0.39, 0.29) is 12.1 Å². The summed E-state index contributed by atoms with van der Waals surface area (Å²) >= 11 is 0. The van der Waals surface area contributed by atoms with Crippen molar-refractivity contribution in [1.29, 1.82) is 0 Å². The second-order valence-corrected chi connectivity index (χ2v) is 5.11. The van der Waals surface area contributed by atoms with Gasteiger partial charge in [0.05, 0.1) is 0 Å². The quantitative estimate of drug-likeness (QED) is 0.856. The van der Waals surface area contributed by atoms with Gasteiger partial charge in [-0.15, -0.1) is 0 Å². The minimum atomic E-state index is -0.0699. The van der Waals surface area contributed by atoms with E-state index in [0.717, 1.165) is 25.2 Å². The van der Waals surface area contributed by atoms with Crippen LogP contribution in [0.5, 0.6) is 0 Å². The summed E-state index contributed by atoms with van der Waals surface area (Å²) in [7, 11) is 0. The lowest BCUT2D eigenvalue weighted by atomic mass is 10.0. The van der Waals surface area contributed by atoms with Crippen LogP contribution in [-0.2, 0) is 13.0 Å². The third-order valence-electron chi connectivity index (χ3n) is 3.31. The van der Waals surface area contributed by atoms with Crippen molar-refractivity contribution in [3.05, 3.63) is 17.7 Å². The molecule has 1 aliphatic rings. The Bertz CT molecular complexity index is 425. The van der Waals surface area contributed by atoms with Crippen LogP contribution in [-0.4, -0.2) is 28.2 Å². The Kier molecular flexibility index (Phi) is 3.89. The van der Waals surface area contributed by atoms with Crippen molar-refractivity contribution in [2.45, 2.75) is 52.1 Å². The Hall–Kier alpha value is -1.52. The number of fused-ring (bicyclic) bond motifs is 1. The predicted octanol–water partition coefficient (Wildman–Crippen LogP) is 1.64. The third kappa shape index (κ3) is 2.66. The Morgan fingerprint density at radius 2 is 2.39 bits per heavy atom. The van der Waals surface area contributed by atoms with Crippen molar-refractivity contribution in [2.24, 2.45) is 0 Å². The van der Waals surface area contributed by atoms with Gasteiger partial charge < -0.3 is 15.2 Å². The molecule has 2 amide bonds. The average Bonchev–Trinajstić information content (AvgIpc) is 2.72. The van der Waals surface area contributed by atoms with Gasteiger partial charge in [-0.2, -0.15) is 0 Å². The zero-order chi connectivity index (χ0) is 13.1. The van der Waals surface area contributed by atoms with Crippen molar-refractivity contribution in [3.8, 4) is 0 Å². The van der Waals surface area contributed by atoms with Crippen LogP contribution in [0, 0.1) is 0 Å². The Morgan fingerprint density at radius 1 is 1.61 bits per heavy atom. The number of nitrogens with one attached hydrogen (secondary N) is 2. The van der Waals surface area contributed by atoms with Crippen molar-refractivity contribution >= 4 is 6.03 Å². The van der Waals surface area contributed by atoms with Crippen LogP contribution in [0.3, 0.4) is 0 Å². The topological polar surface area (TPSA) is 59.0 Å². The van der Waals surface area contributed by atoms with E-state index in [9.17, 15) is 4.79 Å². The molecule has 2 heterocycles. The highest BCUT2D eigenvalue weighted by Gasteiger charge is 2.23. The number of hydrogen-bond acceptors (Lipinski definition) is 2. The molecule has 0 radical (unpaired) electrons. The molecule has 0 aliphatic carbocycles. The van der Waals surface area contributed by atoms with Gasteiger partial charge >= 0.3 is 6.03 Å². The number of amides is 2. The first-order valence-corrected chi connectivity index (χ1v) is 6.70. The molecular weight excluding hydrogens is 228 g/mol. The van der Waals surface area contributed by atoms with Crippen LogP contribution in [0.4, 0.5) is 4.79 Å². The van der Waals surface area contributed by atoms with Gasteiger partial charge in [0, 0.05) is 43.4 Å². The first-order valence-electron chi connectivity index (χ1n) is 6.70. The normalized spacial score (nSPS) is 18.6. The lowest BCUT2D eigenvalue weighted by Crippen LogP contribution is -2.45. The summed E-state index contributed by atoms with van der Waals surface area (Å²) in [4.78, 5) is 16.0. The van der Waals surface area contributed by atoms with Gasteiger partial charge in [0.2, 0.25) is 0 Å². The van der Waals surface area contributed by atoms with Crippen LogP contribution in [0.25, 0.3) is 0 Å². The minimum absolute atomic E-state index is 0.0699. The maximum Gasteiger partial charge on any atom is 0.315 e.